The van der Waals surface area contributed by atoms with Gasteiger partial charge in [-0.1, -0.05) is 18.2 Å². The lowest BCUT2D eigenvalue weighted by molar-refractivity contribution is 0.136. The van der Waals surface area contributed by atoms with E-state index in [1.54, 1.807) is 0 Å². The molecule has 3 heteroatoms. The Labute approximate surface area is 109 Å². The Balaban J connectivity index is 2.14. The molecule has 0 saturated heterocycles. The van der Waals surface area contributed by atoms with Gasteiger partial charge in [-0.05, 0) is 38.8 Å². The molecule has 0 amide bonds. The summed E-state index contributed by atoms with van der Waals surface area (Å²) in [6.45, 7) is 4.43. The van der Waals surface area contributed by atoms with Crippen molar-refractivity contribution in [3.63, 3.8) is 0 Å². The maximum absolute atomic E-state index is 5.86. The van der Waals surface area contributed by atoms with Gasteiger partial charge in [-0.2, -0.15) is 0 Å². The van der Waals surface area contributed by atoms with Gasteiger partial charge in [0, 0.05) is 24.8 Å². The highest BCUT2D eigenvalue weighted by atomic mass is 16.5. The summed E-state index contributed by atoms with van der Waals surface area (Å²) in [5, 5.41) is 3.37. The zero-order valence-electron chi connectivity index (χ0n) is 11.4. The lowest BCUT2D eigenvalue weighted by atomic mass is 9.96. The molecule has 1 unspecified atom stereocenters. The van der Waals surface area contributed by atoms with E-state index in [1.165, 1.54) is 11.1 Å². The Kier molecular flexibility index (Phi) is 5.02. The van der Waals surface area contributed by atoms with Crippen LogP contribution in [-0.2, 0) is 11.2 Å². The van der Waals surface area contributed by atoms with E-state index >= 15 is 0 Å². The molecule has 1 aromatic rings. The molecule has 0 radical (unpaired) electrons. The molecule has 0 aliphatic carbocycles. The average Bonchev–Trinajstić information content (AvgIpc) is 2.43. The van der Waals surface area contributed by atoms with Crippen LogP contribution in [0.2, 0.25) is 0 Å². The van der Waals surface area contributed by atoms with Gasteiger partial charge >= 0.3 is 0 Å². The molecule has 1 atom stereocenters. The summed E-state index contributed by atoms with van der Waals surface area (Å²) in [6.07, 6.45) is 3.23. The van der Waals surface area contributed by atoms with Crippen molar-refractivity contribution in [2.45, 2.75) is 32.2 Å². The van der Waals surface area contributed by atoms with Gasteiger partial charge in [0.25, 0.3) is 0 Å². The Morgan fingerprint density at radius 1 is 1.44 bits per heavy atom. The van der Waals surface area contributed by atoms with Crippen molar-refractivity contribution in [3.05, 3.63) is 29.3 Å². The smallest absolute Gasteiger partial charge is 0.127 e. The number of nitrogens with one attached hydrogen (secondary N) is 1. The summed E-state index contributed by atoms with van der Waals surface area (Å²) in [5.74, 6) is 1.10. The van der Waals surface area contributed by atoms with E-state index in [0.717, 1.165) is 44.8 Å². The Morgan fingerprint density at radius 3 is 3.11 bits per heavy atom. The Hall–Kier alpha value is -1.06. The number of rotatable bonds is 6. The van der Waals surface area contributed by atoms with Crippen LogP contribution >= 0.6 is 0 Å². The van der Waals surface area contributed by atoms with Crippen LogP contribution in [0.5, 0.6) is 5.75 Å². The van der Waals surface area contributed by atoms with Crippen molar-refractivity contribution in [1.29, 1.82) is 0 Å². The molecule has 0 bridgehead atoms. The molecular formula is C15H23NO2. The van der Waals surface area contributed by atoms with E-state index in [9.17, 15) is 0 Å². The minimum Gasteiger partial charge on any atom is -0.493 e. The fourth-order valence-electron chi connectivity index (χ4n) is 2.49. The molecule has 0 fully saturated rings. The van der Waals surface area contributed by atoms with Gasteiger partial charge in [-0.25, -0.2) is 0 Å². The van der Waals surface area contributed by atoms with Crippen LogP contribution in [0.1, 0.15) is 36.9 Å². The molecule has 1 N–H and O–H groups in total. The number of fused-ring (bicyclic) bond motifs is 1. The van der Waals surface area contributed by atoms with Crippen molar-refractivity contribution in [1.82, 2.24) is 5.32 Å². The second-order valence-electron chi connectivity index (χ2n) is 4.61. The SMILES string of the molecule is CCOCCC(NC)c1cccc2c1OCCC2. The monoisotopic (exact) mass is 249 g/mol. The molecule has 1 aromatic carbocycles. The van der Waals surface area contributed by atoms with Gasteiger partial charge in [-0.3, -0.25) is 0 Å². The van der Waals surface area contributed by atoms with E-state index in [2.05, 4.69) is 23.5 Å². The van der Waals surface area contributed by atoms with E-state index < -0.39 is 0 Å². The summed E-state index contributed by atoms with van der Waals surface area (Å²) < 4.78 is 11.3. The van der Waals surface area contributed by atoms with Gasteiger partial charge in [-0.15, -0.1) is 0 Å². The van der Waals surface area contributed by atoms with Crippen molar-refractivity contribution < 1.29 is 9.47 Å². The lowest BCUT2D eigenvalue weighted by Gasteiger charge is -2.25. The third kappa shape index (κ3) is 3.03. The third-order valence-electron chi connectivity index (χ3n) is 3.44. The molecule has 0 spiro atoms. The van der Waals surface area contributed by atoms with Crippen LogP contribution in [0.3, 0.4) is 0 Å². The molecule has 0 aromatic heterocycles. The minimum atomic E-state index is 0.310. The van der Waals surface area contributed by atoms with Crippen molar-refractivity contribution >= 4 is 0 Å². The number of hydrogen-bond donors (Lipinski definition) is 1. The van der Waals surface area contributed by atoms with Crippen LogP contribution < -0.4 is 10.1 Å². The van der Waals surface area contributed by atoms with Gasteiger partial charge in [0.05, 0.1) is 6.61 Å². The first-order valence-electron chi connectivity index (χ1n) is 6.86. The first-order valence-corrected chi connectivity index (χ1v) is 6.86. The summed E-state index contributed by atoms with van der Waals surface area (Å²) in [5.41, 5.74) is 2.62. The van der Waals surface area contributed by atoms with Gasteiger partial charge in [0.1, 0.15) is 5.75 Å². The average molecular weight is 249 g/mol. The number of aryl methyl sites for hydroxylation is 1. The fourth-order valence-corrected chi connectivity index (χ4v) is 2.49. The maximum atomic E-state index is 5.86. The summed E-state index contributed by atoms with van der Waals surface area (Å²) >= 11 is 0. The third-order valence-corrected chi connectivity index (χ3v) is 3.44. The van der Waals surface area contributed by atoms with Gasteiger partial charge < -0.3 is 14.8 Å². The summed E-state index contributed by atoms with van der Waals surface area (Å²) in [4.78, 5) is 0. The van der Waals surface area contributed by atoms with Gasteiger partial charge in [0.2, 0.25) is 0 Å². The van der Waals surface area contributed by atoms with Crippen LogP contribution in [0.25, 0.3) is 0 Å². The number of para-hydroxylation sites is 1. The first-order chi connectivity index (χ1) is 8.86. The zero-order chi connectivity index (χ0) is 12.8. The molecule has 100 valence electrons. The second-order valence-corrected chi connectivity index (χ2v) is 4.61. The van der Waals surface area contributed by atoms with Crippen molar-refractivity contribution in [2.24, 2.45) is 0 Å². The van der Waals surface area contributed by atoms with E-state index in [-0.39, 0.29) is 0 Å². The van der Waals surface area contributed by atoms with Crippen LogP contribution in [0, 0.1) is 0 Å². The highest BCUT2D eigenvalue weighted by Gasteiger charge is 2.19. The Bertz CT molecular complexity index is 379. The molecule has 3 nitrogen and oxygen atoms in total. The predicted octanol–water partition coefficient (Wildman–Crippen LogP) is 2.70. The fraction of sp³-hybridized carbons (Fsp3) is 0.600. The highest BCUT2D eigenvalue weighted by molar-refractivity contribution is 5.44. The normalized spacial score (nSPS) is 15.9. The number of benzene rings is 1. The van der Waals surface area contributed by atoms with Crippen molar-refractivity contribution in [2.75, 3.05) is 26.9 Å². The quantitative estimate of drug-likeness (QED) is 0.786. The van der Waals surface area contributed by atoms with E-state index in [0.29, 0.717) is 6.04 Å². The molecule has 18 heavy (non-hydrogen) atoms. The second kappa shape index (κ2) is 6.76. The molecule has 2 rings (SSSR count). The predicted molar refractivity (Wildman–Crippen MR) is 73.2 cm³/mol. The van der Waals surface area contributed by atoms with Crippen molar-refractivity contribution in [3.8, 4) is 5.75 Å². The summed E-state index contributed by atoms with van der Waals surface area (Å²) in [7, 11) is 2.00. The number of hydrogen-bond acceptors (Lipinski definition) is 3. The molecule has 1 aliphatic rings. The van der Waals surface area contributed by atoms with Crippen LogP contribution in [-0.4, -0.2) is 26.9 Å². The minimum absolute atomic E-state index is 0.310. The molecule has 0 saturated carbocycles. The van der Waals surface area contributed by atoms with Crippen LogP contribution in [0.15, 0.2) is 18.2 Å². The topological polar surface area (TPSA) is 30.5 Å². The zero-order valence-corrected chi connectivity index (χ0v) is 11.4. The van der Waals surface area contributed by atoms with Gasteiger partial charge in [0.15, 0.2) is 0 Å². The molecule has 1 heterocycles. The van der Waals surface area contributed by atoms with Crippen LogP contribution in [0.4, 0.5) is 0 Å². The van der Waals surface area contributed by atoms with E-state index in [1.807, 2.05) is 14.0 Å². The highest BCUT2D eigenvalue weighted by Crippen LogP contribution is 2.33. The standard InChI is InChI=1S/C15H23NO2/c1-3-17-11-9-14(16-2)13-8-4-6-12-7-5-10-18-15(12)13/h4,6,8,14,16H,3,5,7,9-11H2,1-2H3. The molecule has 1 aliphatic heterocycles. The molecular weight excluding hydrogens is 226 g/mol. The Morgan fingerprint density at radius 2 is 2.33 bits per heavy atom. The van der Waals surface area contributed by atoms with E-state index in [4.69, 9.17) is 9.47 Å². The summed E-state index contributed by atoms with van der Waals surface area (Å²) in [6, 6.07) is 6.78. The number of ether oxygens (including phenoxy) is 2. The largest absolute Gasteiger partial charge is 0.493 e. The maximum Gasteiger partial charge on any atom is 0.127 e. The lowest BCUT2D eigenvalue weighted by Crippen LogP contribution is -2.21. The first kappa shape index (κ1) is 13.4.